The SMILES string of the molecule is Cc1ccc(CC2(O)CCOC(C)(C)C2)cc1C. The summed E-state index contributed by atoms with van der Waals surface area (Å²) in [6.45, 7) is 8.99. The van der Waals surface area contributed by atoms with Crippen LogP contribution in [0.2, 0.25) is 0 Å². The maximum Gasteiger partial charge on any atom is 0.0737 e. The summed E-state index contributed by atoms with van der Waals surface area (Å²) in [4.78, 5) is 0. The van der Waals surface area contributed by atoms with E-state index in [1.165, 1.54) is 16.7 Å². The molecule has 1 heterocycles. The van der Waals surface area contributed by atoms with Crippen molar-refractivity contribution in [2.75, 3.05) is 6.61 Å². The molecule has 0 spiro atoms. The van der Waals surface area contributed by atoms with E-state index in [-0.39, 0.29) is 5.60 Å². The number of rotatable bonds is 2. The molecule has 1 aromatic carbocycles. The lowest BCUT2D eigenvalue weighted by molar-refractivity contribution is -0.143. The first-order valence-electron chi connectivity index (χ1n) is 6.72. The summed E-state index contributed by atoms with van der Waals surface area (Å²) in [6.07, 6.45) is 2.15. The standard InChI is InChI=1S/C16H24O2/c1-12-5-6-14(9-13(12)2)10-16(17)7-8-18-15(3,4)11-16/h5-6,9,17H,7-8,10-11H2,1-4H3. The Morgan fingerprint density at radius 3 is 2.56 bits per heavy atom. The lowest BCUT2D eigenvalue weighted by atomic mass is 9.80. The summed E-state index contributed by atoms with van der Waals surface area (Å²) in [5.41, 5.74) is 2.98. The summed E-state index contributed by atoms with van der Waals surface area (Å²) in [7, 11) is 0. The molecule has 1 aliphatic rings. The van der Waals surface area contributed by atoms with E-state index in [9.17, 15) is 5.11 Å². The van der Waals surface area contributed by atoms with Gasteiger partial charge in [-0.1, -0.05) is 18.2 Å². The van der Waals surface area contributed by atoms with Crippen molar-refractivity contribution in [1.82, 2.24) is 0 Å². The van der Waals surface area contributed by atoms with Gasteiger partial charge in [0.1, 0.15) is 0 Å². The minimum atomic E-state index is -0.622. The Labute approximate surface area is 110 Å². The average Bonchev–Trinajstić information content (AvgIpc) is 2.21. The van der Waals surface area contributed by atoms with Gasteiger partial charge in [-0.05, 0) is 50.8 Å². The van der Waals surface area contributed by atoms with Gasteiger partial charge < -0.3 is 9.84 Å². The number of ether oxygens (including phenoxy) is 1. The van der Waals surface area contributed by atoms with E-state index >= 15 is 0 Å². The second-order valence-electron chi connectivity index (χ2n) is 6.35. The van der Waals surface area contributed by atoms with Gasteiger partial charge in [0.15, 0.2) is 0 Å². The summed E-state index contributed by atoms with van der Waals surface area (Å²) >= 11 is 0. The quantitative estimate of drug-likeness (QED) is 0.871. The second kappa shape index (κ2) is 4.67. The van der Waals surface area contributed by atoms with E-state index in [1.54, 1.807) is 0 Å². The van der Waals surface area contributed by atoms with Crippen molar-refractivity contribution in [3.63, 3.8) is 0 Å². The Morgan fingerprint density at radius 2 is 1.94 bits per heavy atom. The number of hydrogen-bond acceptors (Lipinski definition) is 2. The predicted octanol–water partition coefficient (Wildman–Crippen LogP) is 3.17. The lowest BCUT2D eigenvalue weighted by Crippen LogP contribution is -2.47. The molecule has 1 N–H and O–H groups in total. The van der Waals surface area contributed by atoms with Crippen LogP contribution in [0.5, 0.6) is 0 Å². The highest BCUT2D eigenvalue weighted by Crippen LogP contribution is 2.34. The van der Waals surface area contributed by atoms with Crippen molar-refractivity contribution in [2.45, 2.75) is 58.2 Å². The van der Waals surface area contributed by atoms with Gasteiger partial charge in [0, 0.05) is 12.8 Å². The fourth-order valence-corrected chi connectivity index (χ4v) is 2.89. The molecule has 0 aromatic heterocycles. The molecule has 18 heavy (non-hydrogen) atoms. The first-order chi connectivity index (χ1) is 8.30. The molecule has 0 radical (unpaired) electrons. The minimum Gasteiger partial charge on any atom is -0.389 e. The molecule has 1 aromatic rings. The number of aryl methyl sites for hydroxylation is 2. The molecule has 1 unspecified atom stereocenters. The van der Waals surface area contributed by atoms with Crippen LogP contribution >= 0.6 is 0 Å². The molecule has 0 amide bonds. The van der Waals surface area contributed by atoms with Gasteiger partial charge in [0.25, 0.3) is 0 Å². The summed E-state index contributed by atoms with van der Waals surface area (Å²) in [6, 6.07) is 6.46. The number of aliphatic hydroxyl groups is 1. The highest BCUT2D eigenvalue weighted by atomic mass is 16.5. The van der Waals surface area contributed by atoms with Crippen molar-refractivity contribution < 1.29 is 9.84 Å². The Kier molecular flexibility index (Phi) is 3.52. The van der Waals surface area contributed by atoms with Crippen LogP contribution in [-0.4, -0.2) is 22.9 Å². The Balaban J connectivity index is 2.14. The lowest BCUT2D eigenvalue weighted by Gasteiger charge is -2.41. The average molecular weight is 248 g/mol. The van der Waals surface area contributed by atoms with Gasteiger partial charge in [-0.25, -0.2) is 0 Å². The first kappa shape index (κ1) is 13.6. The minimum absolute atomic E-state index is 0.216. The van der Waals surface area contributed by atoms with Crippen LogP contribution in [0.25, 0.3) is 0 Å². The third-order valence-electron chi connectivity index (χ3n) is 3.92. The molecule has 2 nitrogen and oxygen atoms in total. The van der Waals surface area contributed by atoms with Crippen LogP contribution in [-0.2, 0) is 11.2 Å². The van der Waals surface area contributed by atoms with Crippen molar-refractivity contribution in [1.29, 1.82) is 0 Å². The summed E-state index contributed by atoms with van der Waals surface area (Å²) in [5.74, 6) is 0. The van der Waals surface area contributed by atoms with Crippen molar-refractivity contribution >= 4 is 0 Å². The zero-order valence-corrected chi connectivity index (χ0v) is 11.9. The van der Waals surface area contributed by atoms with Crippen LogP contribution in [0.4, 0.5) is 0 Å². The van der Waals surface area contributed by atoms with Crippen LogP contribution in [0, 0.1) is 13.8 Å². The molecule has 1 atom stereocenters. The molecule has 1 fully saturated rings. The fraction of sp³-hybridized carbons (Fsp3) is 0.625. The molecule has 0 saturated carbocycles. The molecule has 2 rings (SSSR count). The third-order valence-corrected chi connectivity index (χ3v) is 3.92. The first-order valence-corrected chi connectivity index (χ1v) is 6.72. The van der Waals surface area contributed by atoms with Gasteiger partial charge >= 0.3 is 0 Å². The molecule has 2 heteroatoms. The normalized spacial score (nSPS) is 27.2. The largest absolute Gasteiger partial charge is 0.389 e. The van der Waals surface area contributed by atoms with Crippen molar-refractivity contribution in [2.24, 2.45) is 0 Å². The topological polar surface area (TPSA) is 29.5 Å². The van der Waals surface area contributed by atoms with E-state index in [0.717, 1.165) is 12.8 Å². The Bertz CT molecular complexity index is 437. The summed E-state index contributed by atoms with van der Waals surface area (Å²) in [5, 5.41) is 10.7. The molecule has 1 saturated heterocycles. The molecule has 0 aliphatic carbocycles. The smallest absolute Gasteiger partial charge is 0.0737 e. The Morgan fingerprint density at radius 1 is 1.22 bits per heavy atom. The van der Waals surface area contributed by atoms with Gasteiger partial charge in [-0.15, -0.1) is 0 Å². The zero-order valence-electron chi connectivity index (χ0n) is 11.9. The summed E-state index contributed by atoms with van der Waals surface area (Å²) < 4.78 is 5.68. The van der Waals surface area contributed by atoms with Crippen LogP contribution < -0.4 is 0 Å². The Hall–Kier alpha value is -0.860. The van der Waals surface area contributed by atoms with E-state index < -0.39 is 5.60 Å². The predicted molar refractivity (Wildman–Crippen MR) is 73.8 cm³/mol. The van der Waals surface area contributed by atoms with Crippen LogP contribution in [0.1, 0.15) is 43.4 Å². The van der Waals surface area contributed by atoms with E-state index in [4.69, 9.17) is 4.74 Å². The fourth-order valence-electron chi connectivity index (χ4n) is 2.89. The number of benzene rings is 1. The van der Waals surface area contributed by atoms with Crippen LogP contribution in [0.3, 0.4) is 0 Å². The maximum absolute atomic E-state index is 10.7. The second-order valence-corrected chi connectivity index (χ2v) is 6.35. The molecular formula is C16H24O2. The van der Waals surface area contributed by atoms with Gasteiger partial charge in [-0.2, -0.15) is 0 Å². The highest BCUT2D eigenvalue weighted by molar-refractivity contribution is 5.30. The van der Waals surface area contributed by atoms with E-state index in [0.29, 0.717) is 13.0 Å². The third kappa shape index (κ3) is 3.12. The van der Waals surface area contributed by atoms with Crippen LogP contribution in [0.15, 0.2) is 18.2 Å². The zero-order chi connectivity index (χ0) is 13.4. The molecule has 0 bridgehead atoms. The van der Waals surface area contributed by atoms with Gasteiger partial charge in [-0.3, -0.25) is 0 Å². The van der Waals surface area contributed by atoms with Crippen molar-refractivity contribution in [3.8, 4) is 0 Å². The van der Waals surface area contributed by atoms with Gasteiger partial charge in [0.2, 0.25) is 0 Å². The number of hydrogen-bond donors (Lipinski definition) is 1. The molecule has 100 valence electrons. The molecular weight excluding hydrogens is 224 g/mol. The maximum atomic E-state index is 10.7. The monoisotopic (exact) mass is 248 g/mol. The van der Waals surface area contributed by atoms with E-state index in [2.05, 4.69) is 45.9 Å². The van der Waals surface area contributed by atoms with Gasteiger partial charge in [0.05, 0.1) is 17.8 Å². The highest BCUT2D eigenvalue weighted by Gasteiger charge is 2.39. The van der Waals surface area contributed by atoms with E-state index in [1.807, 2.05) is 0 Å². The molecule has 1 aliphatic heterocycles. The van der Waals surface area contributed by atoms with Crippen molar-refractivity contribution in [3.05, 3.63) is 34.9 Å².